The van der Waals surface area contributed by atoms with E-state index >= 15 is 0 Å². The molecule has 0 bridgehead atoms. The summed E-state index contributed by atoms with van der Waals surface area (Å²) < 4.78 is 0. The van der Waals surface area contributed by atoms with Gasteiger partial charge >= 0.3 is 0 Å². The predicted octanol–water partition coefficient (Wildman–Crippen LogP) is 7.28. The highest BCUT2D eigenvalue weighted by Gasteiger charge is 2.27. The van der Waals surface area contributed by atoms with E-state index in [4.69, 9.17) is 10.8 Å². The van der Waals surface area contributed by atoms with Crippen LogP contribution in [0.5, 0.6) is 0 Å². The zero-order chi connectivity index (χ0) is 20.7. The Morgan fingerprint density at radius 3 is 1.14 bits per heavy atom. The van der Waals surface area contributed by atoms with Crippen LogP contribution in [0.3, 0.4) is 0 Å². The fourth-order valence-corrected chi connectivity index (χ4v) is 4.11. The van der Waals surface area contributed by atoms with Crippen molar-refractivity contribution in [3.05, 3.63) is 69.9 Å². The van der Waals surface area contributed by atoms with E-state index in [0.717, 1.165) is 36.8 Å². The van der Waals surface area contributed by atoms with Crippen LogP contribution in [0.2, 0.25) is 0 Å². The zero-order valence-electron chi connectivity index (χ0n) is 18.3. The third-order valence-electron chi connectivity index (χ3n) is 6.12. The Morgan fingerprint density at radius 1 is 0.536 bits per heavy atom. The molecule has 3 rings (SSSR count). The molecule has 0 fully saturated rings. The molecule has 0 unspecified atom stereocenters. The van der Waals surface area contributed by atoms with Crippen molar-refractivity contribution in [3.8, 4) is 0 Å². The van der Waals surface area contributed by atoms with Crippen molar-refractivity contribution in [2.75, 3.05) is 0 Å². The van der Waals surface area contributed by atoms with Gasteiger partial charge in [-0.25, -0.2) is 0 Å². The van der Waals surface area contributed by atoms with Gasteiger partial charge in [-0.15, -0.1) is 0 Å². The second-order valence-electron chi connectivity index (χ2n) is 10.2. The Balaban J connectivity index is 1.88. The minimum Gasteiger partial charge on any atom is -0.298 e. The van der Waals surface area contributed by atoms with Crippen LogP contribution < -0.4 is 0 Å². The quantitative estimate of drug-likeness (QED) is 0.477. The van der Waals surface area contributed by atoms with E-state index in [0.29, 0.717) is 11.4 Å². The maximum atomic E-state index is 8.61. The van der Waals surface area contributed by atoms with E-state index in [-0.39, 0.29) is 10.8 Å². The molecular weight excluding hydrogens is 340 g/mol. The highest BCUT2D eigenvalue weighted by atomic mass is 14.6. The summed E-state index contributed by atoms with van der Waals surface area (Å²) in [5.41, 5.74) is 8.24. The predicted molar refractivity (Wildman–Crippen MR) is 121 cm³/mol. The van der Waals surface area contributed by atoms with Crippen molar-refractivity contribution < 1.29 is 0 Å². The van der Waals surface area contributed by atoms with Crippen LogP contribution in [-0.2, 0) is 0 Å². The lowest BCUT2D eigenvalue weighted by Crippen LogP contribution is -2.24. The minimum absolute atomic E-state index is 0.198. The molecule has 0 spiro atoms. The molecule has 28 heavy (non-hydrogen) atoms. The van der Waals surface area contributed by atoms with Crippen LogP contribution in [0.1, 0.15) is 67.2 Å². The van der Waals surface area contributed by atoms with Crippen molar-refractivity contribution >= 4 is 11.4 Å². The third kappa shape index (κ3) is 4.11. The van der Waals surface area contributed by atoms with Crippen LogP contribution in [0.15, 0.2) is 69.9 Å². The lowest BCUT2D eigenvalue weighted by molar-refractivity contribution is 0.479. The van der Waals surface area contributed by atoms with Crippen LogP contribution in [-0.4, -0.2) is 11.4 Å². The second kappa shape index (κ2) is 7.31. The molecule has 0 radical (unpaired) electrons. The molecule has 0 atom stereocenters. The molecule has 0 saturated carbocycles. The summed E-state index contributed by atoms with van der Waals surface area (Å²) in [5.74, 6) is 0. The van der Waals surface area contributed by atoms with Crippen molar-refractivity contribution in [1.82, 2.24) is 0 Å². The average molecular weight is 375 g/mol. The number of allylic oxidation sites excluding steroid dienone is 12. The van der Waals surface area contributed by atoms with Gasteiger partial charge in [0.15, 0.2) is 0 Å². The SMILES string of the molecule is CC(C)(C)C1=CC=C(C2=CC=C(C3=CC=C(C(C)(C)C)CC3)C(=N)C2=N)CC1. The Kier molecular flexibility index (Phi) is 5.36. The summed E-state index contributed by atoms with van der Waals surface area (Å²) in [6, 6.07) is 0. The van der Waals surface area contributed by atoms with Gasteiger partial charge in [0.05, 0.1) is 11.4 Å². The van der Waals surface area contributed by atoms with Gasteiger partial charge in [0, 0.05) is 11.1 Å². The van der Waals surface area contributed by atoms with E-state index in [1.165, 1.54) is 22.3 Å². The van der Waals surface area contributed by atoms with Gasteiger partial charge in [-0.2, -0.15) is 0 Å². The molecule has 0 aromatic carbocycles. The summed E-state index contributed by atoms with van der Waals surface area (Å²) in [5, 5.41) is 17.2. The summed E-state index contributed by atoms with van der Waals surface area (Å²) in [6.07, 6.45) is 16.9. The van der Waals surface area contributed by atoms with Gasteiger partial charge in [0.2, 0.25) is 0 Å². The summed E-state index contributed by atoms with van der Waals surface area (Å²) in [7, 11) is 0. The first kappa shape index (κ1) is 20.5. The smallest absolute Gasteiger partial charge is 0.0870 e. The van der Waals surface area contributed by atoms with Crippen LogP contribution in [0.4, 0.5) is 0 Å². The Bertz CT molecular complexity index is 821. The van der Waals surface area contributed by atoms with E-state index in [1.807, 2.05) is 0 Å². The summed E-state index contributed by atoms with van der Waals surface area (Å²) >= 11 is 0. The molecule has 0 heterocycles. The fourth-order valence-electron chi connectivity index (χ4n) is 4.11. The van der Waals surface area contributed by atoms with Crippen LogP contribution in [0, 0.1) is 21.6 Å². The Hall–Kier alpha value is -2.22. The number of hydrogen-bond acceptors (Lipinski definition) is 2. The van der Waals surface area contributed by atoms with Gasteiger partial charge in [-0.1, -0.05) is 89.1 Å². The summed E-state index contributed by atoms with van der Waals surface area (Å²) in [4.78, 5) is 0. The molecule has 3 aliphatic rings. The van der Waals surface area contributed by atoms with Gasteiger partial charge in [0.25, 0.3) is 0 Å². The number of rotatable bonds is 2. The molecule has 148 valence electrons. The molecule has 2 heteroatoms. The largest absolute Gasteiger partial charge is 0.298 e. The molecule has 0 aromatic heterocycles. The molecule has 3 aliphatic carbocycles. The molecular formula is C26H34N2. The van der Waals surface area contributed by atoms with E-state index in [1.54, 1.807) is 0 Å². The Labute approximate surface area is 170 Å². The van der Waals surface area contributed by atoms with Gasteiger partial charge in [-0.05, 0) is 47.7 Å². The molecule has 2 N–H and O–H groups in total. The zero-order valence-corrected chi connectivity index (χ0v) is 18.3. The monoisotopic (exact) mass is 374 g/mol. The van der Waals surface area contributed by atoms with Crippen LogP contribution in [0.25, 0.3) is 0 Å². The second-order valence-corrected chi connectivity index (χ2v) is 10.2. The van der Waals surface area contributed by atoms with Gasteiger partial charge < -0.3 is 0 Å². The van der Waals surface area contributed by atoms with E-state index < -0.39 is 0 Å². The van der Waals surface area contributed by atoms with Crippen molar-refractivity contribution in [1.29, 1.82) is 10.8 Å². The van der Waals surface area contributed by atoms with Crippen LogP contribution >= 0.6 is 0 Å². The number of hydrogen-bond donors (Lipinski definition) is 2. The highest BCUT2D eigenvalue weighted by Crippen LogP contribution is 2.38. The Morgan fingerprint density at radius 2 is 0.893 bits per heavy atom. The third-order valence-corrected chi connectivity index (χ3v) is 6.12. The maximum absolute atomic E-state index is 8.61. The van der Waals surface area contributed by atoms with Gasteiger partial charge in [0.1, 0.15) is 0 Å². The first-order valence-corrected chi connectivity index (χ1v) is 10.4. The topological polar surface area (TPSA) is 47.7 Å². The van der Waals surface area contributed by atoms with Crippen molar-refractivity contribution in [3.63, 3.8) is 0 Å². The molecule has 0 amide bonds. The molecule has 2 nitrogen and oxygen atoms in total. The standard InChI is InChI=1S/C26H34N2/c1-25(2,3)19-11-7-17(8-12-19)21-15-16-22(24(28)23(21)27)18-9-13-20(14-10-18)26(4,5)6/h7,9,11,13,15-16,27-28H,8,10,12,14H2,1-6H3. The van der Waals surface area contributed by atoms with Crippen molar-refractivity contribution in [2.24, 2.45) is 10.8 Å². The minimum atomic E-state index is 0.198. The van der Waals surface area contributed by atoms with E-state index in [2.05, 4.69) is 78.0 Å². The first-order valence-electron chi connectivity index (χ1n) is 10.4. The number of nitrogens with one attached hydrogen (secondary N) is 2. The molecule has 0 aromatic rings. The first-order chi connectivity index (χ1) is 13.0. The normalized spacial score (nSPS) is 21.4. The summed E-state index contributed by atoms with van der Waals surface area (Å²) in [6.45, 7) is 13.5. The molecule has 0 saturated heterocycles. The highest BCUT2D eigenvalue weighted by molar-refractivity contribution is 6.54. The lowest BCUT2D eigenvalue weighted by Gasteiger charge is -2.29. The molecule has 0 aliphatic heterocycles. The van der Waals surface area contributed by atoms with Gasteiger partial charge in [-0.3, -0.25) is 10.8 Å². The van der Waals surface area contributed by atoms with Crippen molar-refractivity contribution in [2.45, 2.75) is 67.2 Å². The lowest BCUT2D eigenvalue weighted by atomic mass is 9.76. The average Bonchev–Trinajstić information content (AvgIpc) is 2.63. The fraction of sp³-hybridized carbons (Fsp3) is 0.462. The maximum Gasteiger partial charge on any atom is 0.0870 e. The van der Waals surface area contributed by atoms with E-state index in [9.17, 15) is 0 Å².